The smallest absolute Gasteiger partial charge is 0.242 e. The van der Waals surface area contributed by atoms with Gasteiger partial charge in [0.2, 0.25) is 23.6 Å². The van der Waals surface area contributed by atoms with Crippen molar-refractivity contribution in [1.82, 2.24) is 16.0 Å². The van der Waals surface area contributed by atoms with Crippen molar-refractivity contribution in [2.75, 3.05) is 72.5 Å². The van der Waals surface area contributed by atoms with Gasteiger partial charge in [0.1, 0.15) is 19.3 Å². The molecule has 0 radical (unpaired) electrons. The van der Waals surface area contributed by atoms with Gasteiger partial charge in [0, 0.05) is 44.9 Å². The van der Waals surface area contributed by atoms with Crippen LogP contribution in [-0.4, -0.2) is 114 Å². The van der Waals surface area contributed by atoms with Crippen LogP contribution in [0.25, 0.3) is 0 Å². The summed E-state index contributed by atoms with van der Waals surface area (Å²) in [4.78, 5) is 71.0. The normalized spacial score (nSPS) is 12.2. The Morgan fingerprint density at radius 3 is 1.96 bits per heavy atom. The lowest BCUT2D eigenvalue weighted by molar-refractivity contribution is -0.129. The second-order valence-corrected chi connectivity index (χ2v) is 11.4. The van der Waals surface area contributed by atoms with E-state index in [0.717, 1.165) is 12.8 Å². The molecule has 47 heavy (non-hydrogen) atoms. The number of ether oxygens (including phenoxy) is 4. The highest BCUT2D eigenvalue weighted by molar-refractivity contribution is 5.87. The lowest BCUT2D eigenvalue weighted by Crippen LogP contribution is -2.47. The van der Waals surface area contributed by atoms with Crippen molar-refractivity contribution in [2.24, 2.45) is 17.4 Å². The first-order valence-corrected chi connectivity index (χ1v) is 16.7. The highest BCUT2D eigenvalue weighted by Crippen LogP contribution is 2.07. The first-order chi connectivity index (χ1) is 22.6. The minimum Gasteiger partial charge on any atom is -0.379 e. The van der Waals surface area contributed by atoms with Crippen LogP contribution in [0.4, 0.5) is 0 Å². The molecule has 0 aliphatic carbocycles. The van der Waals surface area contributed by atoms with Crippen LogP contribution < -0.4 is 27.4 Å². The number of nitrogens with two attached hydrogens (primary N) is 2. The summed E-state index contributed by atoms with van der Waals surface area (Å²) < 4.78 is 21.1. The van der Waals surface area contributed by atoms with E-state index in [9.17, 15) is 28.8 Å². The van der Waals surface area contributed by atoms with Crippen molar-refractivity contribution in [2.45, 2.75) is 90.5 Å². The fourth-order valence-corrected chi connectivity index (χ4v) is 4.13. The topological polar surface area (TPSA) is 227 Å². The number of amides is 4. The fourth-order valence-electron chi connectivity index (χ4n) is 4.13. The van der Waals surface area contributed by atoms with Gasteiger partial charge < -0.3 is 46.4 Å². The summed E-state index contributed by atoms with van der Waals surface area (Å²) in [6.45, 7) is 6.47. The van der Waals surface area contributed by atoms with Crippen molar-refractivity contribution in [3.8, 4) is 0 Å². The molecule has 0 saturated heterocycles. The molecule has 0 bridgehead atoms. The van der Waals surface area contributed by atoms with Crippen LogP contribution in [0.2, 0.25) is 0 Å². The molecule has 2 atom stereocenters. The summed E-state index contributed by atoms with van der Waals surface area (Å²) in [5.41, 5.74) is 10.8. The number of Topliss-reactive ketones (excluding diaryl/α,β-unsaturated/α-hetero) is 2. The Morgan fingerprint density at radius 1 is 0.638 bits per heavy atom. The quantitative estimate of drug-likeness (QED) is 0.0595. The van der Waals surface area contributed by atoms with Crippen LogP contribution in [0.15, 0.2) is 0 Å². The minimum atomic E-state index is -0.678. The van der Waals surface area contributed by atoms with Crippen molar-refractivity contribution in [1.29, 1.82) is 0 Å². The molecule has 0 rings (SSSR count). The maximum absolute atomic E-state index is 12.7. The van der Waals surface area contributed by atoms with Crippen LogP contribution in [0.1, 0.15) is 84.5 Å². The van der Waals surface area contributed by atoms with Crippen LogP contribution in [0, 0.1) is 5.92 Å². The second kappa shape index (κ2) is 30.4. The predicted octanol–water partition coefficient (Wildman–Crippen LogP) is 0.299. The minimum absolute atomic E-state index is 0.00636. The molecule has 0 aliphatic heterocycles. The zero-order valence-electron chi connectivity index (χ0n) is 28.4. The van der Waals surface area contributed by atoms with Crippen molar-refractivity contribution < 1.29 is 47.7 Å². The van der Waals surface area contributed by atoms with E-state index in [0.29, 0.717) is 84.4 Å². The Balaban J connectivity index is 3.92. The van der Waals surface area contributed by atoms with Gasteiger partial charge in [0.15, 0.2) is 11.6 Å². The second-order valence-electron chi connectivity index (χ2n) is 11.4. The molecule has 4 amide bonds. The van der Waals surface area contributed by atoms with Gasteiger partial charge in [0.05, 0.1) is 33.0 Å². The average Bonchev–Trinajstić information content (AvgIpc) is 3.02. The van der Waals surface area contributed by atoms with Gasteiger partial charge in [0.25, 0.3) is 0 Å². The third-order valence-electron chi connectivity index (χ3n) is 6.88. The van der Waals surface area contributed by atoms with Crippen molar-refractivity contribution in [3.63, 3.8) is 0 Å². The number of hydrogen-bond acceptors (Lipinski definition) is 11. The van der Waals surface area contributed by atoms with Crippen LogP contribution >= 0.6 is 0 Å². The van der Waals surface area contributed by atoms with Gasteiger partial charge in [-0.2, -0.15) is 0 Å². The van der Waals surface area contributed by atoms with Gasteiger partial charge >= 0.3 is 0 Å². The predicted molar refractivity (Wildman–Crippen MR) is 175 cm³/mol. The number of unbranched alkanes of at least 4 members (excludes halogenated alkanes) is 2. The van der Waals surface area contributed by atoms with Gasteiger partial charge in [-0.05, 0) is 58.4 Å². The first kappa shape index (κ1) is 44.0. The summed E-state index contributed by atoms with van der Waals surface area (Å²) in [5.74, 6) is -1.40. The largest absolute Gasteiger partial charge is 0.379 e. The fraction of sp³-hybridized carbons (Fsp3) is 0.812. The number of nitrogens with one attached hydrogen (secondary N) is 3. The molecule has 0 aromatic heterocycles. The zero-order chi connectivity index (χ0) is 35.1. The summed E-state index contributed by atoms with van der Waals surface area (Å²) in [5, 5.41) is 8.35. The molecule has 15 nitrogen and oxygen atoms in total. The van der Waals surface area contributed by atoms with E-state index in [1.807, 2.05) is 0 Å². The number of primary amides is 1. The molecule has 0 unspecified atom stereocenters. The van der Waals surface area contributed by atoms with Gasteiger partial charge in [-0.1, -0.05) is 13.3 Å². The number of rotatable bonds is 33. The maximum Gasteiger partial charge on any atom is 0.242 e. The summed E-state index contributed by atoms with van der Waals surface area (Å²) in [7, 11) is 0. The van der Waals surface area contributed by atoms with Gasteiger partial charge in [-0.15, -0.1) is 0 Å². The van der Waals surface area contributed by atoms with E-state index in [4.69, 9.17) is 30.4 Å². The van der Waals surface area contributed by atoms with Crippen molar-refractivity contribution >= 4 is 35.2 Å². The molecule has 7 N–H and O–H groups in total. The van der Waals surface area contributed by atoms with Gasteiger partial charge in [-0.25, -0.2) is 0 Å². The van der Waals surface area contributed by atoms with Crippen LogP contribution in [0.5, 0.6) is 0 Å². The molecule has 0 heterocycles. The van der Waals surface area contributed by atoms with E-state index in [2.05, 4.69) is 16.0 Å². The third-order valence-corrected chi connectivity index (χ3v) is 6.88. The maximum atomic E-state index is 12.7. The summed E-state index contributed by atoms with van der Waals surface area (Å²) in [6.07, 6.45) is 5.51. The average molecular weight is 674 g/mol. The SMILES string of the molecule is CC(=O)COCCOCCCC(=O)COCCOCCNC(=O)CCCC(=O)N[C@@H](CCCCN)C(=O)NCCCC[C@H](C)C(N)=O. The lowest BCUT2D eigenvalue weighted by atomic mass is 10.0. The summed E-state index contributed by atoms with van der Waals surface area (Å²) >= 11 is 0. The monoisotopic (exact) mass is 673 g/mol. The van der Waals surface area contributed by atoms with Gasteiger partial charge in [-0.3, -0.25) is 28.8 Å². The highest BCUT2D eigenvalue weighted by Gasteiger charge is 2.20. The highest BCUT2D eigenvalue weighted by atomic mass is 16.5. The number of ketones is 2. The van der Waals surface area contributed by atoms with Crippen LogP contribution in [0.3, 0.4) is 0 Å². The Morgan fingerprint density at radius 2 is 1.28 bits per heavy atom. The molecule has 0 aromatic rings. The summed E-state index contributed by atoms with van der Waals surface area (Å²) in [6, 6.07) is -0.678. The molecular formula is C32H59N5O10. The Kier molecular flexibility index (Phi) is 28.4. The van der Waals surface area contributed by atoms with E-state index >= 15 is 0 Å². The standard InChI is InChI=1S/C32H59N5O10/c1-25(31(34)42)9-4-6-15-36-32(43)28(11-3-5-14-33)37-30(41)13-7-12-29(40)35-16-18-45-20-22-47-24-27(39)10-8-17-44-19-21-46-23-26(2)38/h25,28H,3-24,33H2,1-2H3,(H2,34,42)(H,35,40)(H,36,43)(H,37,41)/t25-,28-/m0/s1. The van der Waals surface area contributed by atoms with Crippen LogP contribution in [-0.2, 0) is 47.7 Å². The van der Waals surface area contributed by atoms with Crippen molar-refractivity contribution in [3.05, 3.63) is 0 Å². The Bertz CT molecular complexity index is 906. The third kappa shape index (κ3) is 28.9. The molecule has 0 spiro atoms. The number of carbonyl (C=O) groups excluding carboxylic acids is 6. The molecule has 15 heteroatoms. The Hall–Kier alpha value is -2.98. The molecular weight excluding hydrogens is 614 g/mol. The van der Waals surface area contributed by atoms with E-state index in [1.165, 1.54) is 6.92 Å². The molecule has 0 aliphatic rings. The number of carbonyl (C=O) groups is 6. The van der Waals surface area contributed by atoms with E-state index < -0.39 is 6.04 Å². The molecule has 272 valence electrons. The molecule has 0 aromatic carbocycles. The zero-order valence-corrected chi connectivity index (χ0v) is 28.4. The lowest BCUT2D eigenvalue weighted by Gasteiger charge is -2.18. The van der Waals surface area contributed by atoms with E-state index in [-0.39, 0.29) is 87.0 Å². The molecule has 0 fully saturated rings. The molecule has 0 saturated carbocycles. The van der Waals surface area contributed by atoms with E-state index in [1.54, 1.807) is 6.92 Å². The number of hydrogen-bond donors (Lipinski definition) is 5. The Labute approximate surface area is 279 Å². The first-order valence-electron chi connectivity index (χ1n) is 16.7.